The van der Waals surface area contributed by atoms with Gasteiger partial charge in [-0.05, 0) is 23.8 Å². The fraction of sp³-hybridized carbons (Fsp3) is 0.188. The number of carbonyl (C=O) groups excluding carboxylic acids is 1. The second-order valence-corrected chi connectivity index (χ2v) is 10.4. The van der Waals surface area contributed by atoms with Gasteiger partial charge in [0.1, 0.15) is 22.8 Å². The van der Waals surface area contributed by atoms with Gasteiger partial charge < -0.3 is 24.2 Å². The monoisotopic (exact) mass is 606 g/mol. The molecule has 0 bridgehead atoms. The zero-order valence-corrected chi connectivity index (χ0v) is 24.4. The molecule has 2 atom stereocenters. The quantitative estimate of drug-likeness (QED) is 0.244. The van der Waals surface area contributed by atoms with E-state index in [1.807, 2.05) is 18.2 Å². The van der Waals surface area contributed by atoms with Gasteiger partial charge in [-0.1, -0.05) is 77.8 Å². The zero-order valence-electron chi connectivity index (χ0n) is 22.8. The van der Waals surface area contributed by atoms with Crippen molar-refractivity contribution in [3.63, 3.8) is 0 Å². The van der Waals surface area contributed by atoms with Crippen molar-refractivity contribution in [1.82, 2.24) is 5.32 Å². The van der Waals surface area contributed by atoms with Crippen molar-refractivity contribution in [2.24, 2.45) is 0 Å². The van der Waals surface area contributed by atoms with Crippen molar-refractivity contribution >= 4 is 40.8 Å². The molecule has 0 fully saturated rings. The van der Waals surface area contributed by atoms with Crippen LogP contribution in [0.4, 0.5) is 5.69 Å². The van der Waals surface area contributed by atoms with Crippen molar-refractivity contribution in [1.29, 1.82) is 0 Å². The van der Waals surface area contributed by atoms with Gasteiger partial charge in [-0.2, -0.15) is 0 Å². The van der Waals surface area contributed by atoms with Crippen LogP contribution in [0.1, 0.15) is 16.7 Å². The lowest BCUT2D eigenvalue weighted by atomic mass is 9.77. The number of nitrogens with zero attached hydrogens (tertiary/aromatic N) is 1. The topological polar surface area (TPSA) is 97.3 Å². The lowest BCUT2D eigenvalue weighted by Crippen LogP contribution is -2.58. The molecule has 0 unspecified atom stereocenters. The number of carboxylic acid groups (broad SMARTS) is 1. The summed E-state index contributed by atoms with van der Waals surface area (Å²) in [5, 5.41) is 14.9. The summed E-state index contributed by atoms with van der Waals surface area (Å²) in [5.41, 5.74) is 0.656. The molecule has 42 heavy (non-hydrogen) atoms. The van der Waals surface area contributed by atoms with Crippen molar-refractivity contribution in [2.45, 2.75) is 18.2 Å². The first-order chi connectivity index (χ1) is 20.3. The van der Waals surface area contributed by atoms with E-state index < -0.39 is 17.6 Å². The van der Waals surface area contributed by atoms with Gasteiger partial charge in [0.25, 0.3) is 0 Å². The number of carboxylic acids is 1. The molecule has 0 spiro atoms. The number of amides is 1. The zero-order chi connectivity index (χ0) is 29.9. The number of halogens is 2. The van der Waals surface area contributed by atoms with E-state index in [0.717, 1.165) is 0 Å². The molecule has 2 N–H and O–H groups in total. The summed E-state index contributed by atoms with van der Waals surface area (Å²) >= 11 is 13.0. The third kappa shape index (κ3) is 5.48. The number of nitrogens with one attached hydrogen (secondary N) is 1. The predicted octanol–water partition coefficient (Wildman–Crippen LogP) is 5.92. The molecule has 1 aliphatic heterocycles. The van der Waals surface area contributed by atoms with E-state index in [9.17, 15) is 14.7 Å². The summed E-state index contributed by atoms with van der Waals surface area (Å²) in [6.45, 7) is -0.132. The summed E-state index contributed by atoms with van der Waals surface area (Å²) in [6.07, 6.45) is -1.55. The third-order valence-electron chi connectivity index (χ3n) is 7.24. The Kier molecular flexibility index (Phi) is 8.59. The molecule has 0 saturated carbocycles. The second-order valence-electron chi connectivity index (χ2n) is 9.61. The largest absolute Gasteiger partial charge is 0.496 e. The number of rotatable bonds is 9. The molecular formula is C32H28Cl2N2O6. The maximum absolute atomic E-state index is 13.8. The standard InChI is InChI=1S/C32H28Cl2N2O6/c1-40-21-15-22(41-2)17-23(16-21)42-30(31(38)39)32(20-9-4-3-5-10-20)25-11-6-7-14-28(25)36(29(37)18-35-32)19-24-26(33)12-8-13-27(24)34/h3-17,30,35H,18-19H2,1-2H3,(H,38,39)/t30-,32+/m1/s1. The Morgan fingerprint density at radius 2 is 1.50 bits per heavy atom. The van der Waals surface area contributed by atoms with E-state index in [2.05, 4.69) is 5.32 Å². The average molecular weight is 607 g/mol. The minimum absolute atomic E-state index is 0.0760. The lowest BCUT2D eigenvalue weighted by molar-refractivity contribution is -0.149. The molecule has 10 heteroatoms. The fourth-order valence-corrected chi connectivity index (χ4v) is 5.77. The number of ether oxygens (including phenoxy) is 3. The number of hydrogen-bond acceptors (Lipinski definition) is 6. The van der Waals surface area contributed by atoms with Gasteiger partial charge in [0.2, 0.25) is 12.0 Å². The fourth-order valence-electron chi connectivity index (χ4n) is 5.25. The van der Waals surface area contributed by atoms with Gasteiger partial charge in [-0.25, -0.2) is 4.79 Å². The van der Waals surface area contributed by atoms with Gasteiger partial charge in [-0.3, -0.25) is 10.1 Å². The smallest absolute Gasteiger partial charge is 0.347 e. The first-order valence-corrected chi connectivity index (χ1v) is 13.8. The first-order valence-electron chi connectivity index (χ1n) is 13.0. The van der Waals surface area contributed by atoms with Gasteiger partial charge in [0, 0.05) is 45.1 Å². The van der Waals surface area contributed by atoms with E-state index >= 15 is 0 Å². The summed E-state index contributed by atoms with van der Waals surface area (Å²) < 4.78 is 17.1. The van der Waals surface area contributed by atoms with Crippen LogP contribution < -0.4 is 24.4 Å². The van der Waals surface area contributed by atoms with Gasteiger partial charge in [0.15, 0.2) is 0 Å². The van der Waals surface area contributed by atoms with Gasteiger partial charge in [0.05, 0.1) is 27.3 Å². The summed E-state index contributed by atoms with van der Waals surface area (Å²) in [5.74, 6) is -0.492. The number of methoxy groups -OCH3 is 2. The Balaban J connectivity index is 1.72. The highest BCUT2D eigenvalue weighted by Crippen LogP contribution is 2.43. The van der Waals surface area contributed by atoms with E-state index in [0.29, 0.717) is 43.9 Å². The van der Waals surface area contributed by atoms with E-state index in [1.165, 1.54) is 14.2 Å². The molecule has 0 radical (unpaired) electrons. The van der Waals surface area contributed by atoms with Crippen molar-refractivity contribution in [3.8, 4) is 17.2 Å². The summed E-state index contributed by atoms with van der Waals surface area (Å²) in [4.78, 5) is 28.6. The Labute approximate surface area is 253 Å². The highest BCUT2D eigenvalue weighted by atomic mass is 35.5. The van der Waals surface area contributed by atoms with Gasteiger partial charge in [-0.15, -0.1) is 0 Å². The Bertz CT molecular complexity index is 1570. The third-order valence-corrected chi connectivity index (χ3v) is 7.95. The molecule has 1 aliphatic rings. The Morgan fingerprint density at radius 3 is 2.12 bits per heavy atom. The number of carbonyl (C=O) groups is 2. The van der Waals surface area contributed by atoms with Crippen LogP contribution in [0.15, 0.2) is 91.0 Å². The molecule has 1 amide bonds. The SMILES string of the molecule is COc1cc(OC)cc(O[C@H](C(=O)O)[C@@]2(c3ccccc3)NCC(=O)N(Cc3c(Cl)cccc3Cl)c3ccccc32)c1. The molecule has 0 aromatic heterocycles. The maximum atomic E-state index is 13.8. The van der Waals surface area contributed by atoms with Crippen LogP contribution in [0.25, 0.3) is 0 Å². The number of fused-ring (bicyclic) bond motifs is 1. The van der Waals surface area contributed by atoms with Gasteiger partial charge >= 0.3 is 5.97 Å². The van der Waals surface area contributed by atoms with Crippen LogP contribution in [0, 0.1) is 0 Å². The van der Waals surface area contributed by atoms with Crippen molar-refractivity contribution < 1.29 is 28.9 Å². The summed E-state index contributed by atoms with van der Waals surface area (Å²) in [6, 6.07) is 26.2. The molecule has 4 aromatic carbocycles. The number of para-hydroxylation sites is 1. The molecular weight excluding hydrogens is 579 g/mol. The van der Waals surface area contributed by atoms with Crippen LogP contribution in [0.3, 0.4) is 0 Å². The van der Waals surface area contributed by atoms with E-state index in [4.69, 9.17) is 37.4 Å². The number of benzene rings is 4. The predicted molar refractivity (Wildman–Crippen MR) is 161 cm³/mol. The molecule has 5 rings (SSSR count). The second kappa shape index (κ2) is 12.3. The summed E-state index contributed by atoms with van der Waals surface area (Å²) in [7, 11) is 2.99. The molecule has 1 heterocycles. The minimum atomic E-state index is -1.55. The number of hydrogen-bond donors (Lipinski definition) is 2. The lowest BCUT2D eigenvalue weighted by Gasteiger charge is -2.40. The van der Waals surface area contributed by atoms with Crippen molar-refractivity contribution in [3.05, 3.63) is 118 Å². The number of aliphatic carboxylic acids is 1. The highest BCUT2D eigenvalue weighted by molar-refractivity contribution is 6.36. The molecule has 4 aromatic rings. The maximum Gasteiger partial charge on any atom is 0.347 e. The Morgan fingerprint density at radius 1 is 0.905 bits per heavy atom. The molecule has 0 aliphatic carbocycles. The van der Waals surface area contributed by atoms with E-state index in [1.54, 1.807) is 77.7 Å². The van der Waals surface area contributed by atoms with Crippen LogP contribution in [-0.4, -0.2) is 43.9 Å². The number of anilines is 1. The van der Waals surface area contributed by atoms with Crippen LogP contribution >= 0.6 is 23.2 Å². The average Bonchev–Trinajstić information content (AvgIpc) is 3.12. The minimum Gasteiger partial charge on any atom is -0.496 e. The van der Waals surface area contributed by atoms with Crippen LogP contribution in [-0.2, 0) is 21.7 Å². The van der Waals surface area contributed by atoms with E-state index in [-0.39, 0.29) is 24.7 Å². The van der Waals surface area contributed by atoms with Crippen LogP contribution in [0.2, 0.25) is 10.0 Å². The molecule has 0 saturated heterocycles. The normalized spacial score (nSPS) is 17.1. The van der Waals surface area contributed by atoms with Crippen LogP contribution in [0.5, 0.6) is 17.2 Å². The Hall–Kier alpha value is -4.24. The van der Waals surface area contributed by atoms with Crippen molar-refractivity contribution in [2.75, 3.05) is 25.7 Å². The molecule has 8 nitrogen and oxygen atoms in total. The first kappa shape index (κ1) is 29.3. The molecule has 216 valence electrons. The highest BCUT2D eigenvalue weighted by Gasteiger charge is 2.51.